The molecule has 0 unspecified atom stereocenters. The molecule has 0 saturated carbocycles. The van der Waals surface area contributed by atoms with E-state index in [1.54, 1.807) is 13.8 Å². The van der Waals surface area contributed by atoms with Gasteiger partial charge in [0.05, 0.1) is 0 Å². The first-order chi connectivity index (χ1) is 5.29. The van der Waals surface area contributed by atoms with Crippen LogP contribution in [0.3, 0.4) is 0 Å². The van der Waals surface area contributed by atoms with Crippen LogP contribution in [-0.2, 0) is 9.59 Å². The van der Waals surface area contributed by atoms with E-state index < -0.39 is 0 Å². The molecule has 0 saturated heterocycles. The molecule has 0 aromatic carbocycles. The minimum atomic E-state index is 0. The molecule has 0 radical (unpaired) electrons. The van der Waals surface area contributed by atoms with Gasteiger partial charge in [-0.2, -0.15) is 0 Å². The van der Waals surface area contributed by atoms with Gasteiger partial charge in [0.1, 0.15) is 11.6 Å². The molecule has 0 rings (SSSR count). The minimum Gasteiger partial charge on any atom is -0.300 e. The van der Waals surface area contributed by atoms with Crippen molar-refractivity contribution in [3.8, 4) is 0 Å². The minimum absolute atomic E-state index is 0. The quantitative estimate of drug-likeness (QED) is 0.667. The van der Waals surface area contributed by atoms with E-state index in [1.165, 1.54) is 0 Å². The molecular formula is C11H24O2. The summed E-state index contributed by atoms with van der Waals surface area (Å²) in [6, 6.07) is 0. The second-order valence-corrected chi connectivity index (χ2v) is 3.53. The highest BCUT2D eigenvalue weighted by molar-refractivity contribution is 5.77. The van der Waals surface area contributed by atoms with Crippen molar-refractivity contribution in [3.05, 3.63) is 0 Å². The largest absolute Gasteiger partial charge is 0.300 e. The molecule has 0 spiro atoms. The molecule has 0 aromatic rings. The van der Waals surface area contributed by atoms with Gasteiger partial charge in [-0.05, 0) is 13.8 Å². The summed E-state index contributed by atoms with van der Waals surface area (Å²) in [4.78, 5) is 20.3. The van der Waals surface area contributed by atoms with Gasteiger partial charge in [0, 0.05) is 11.8 Å². The van der Waals surface area contributed by atoms with E-state index in [-0.39, 0.29) is 30.8 Å². The molecule has 0 aliphatic carbocycles. The summed E-state index contributed by atoms with van der Waals surface area (Å²) >= 11 is 0. The Labute approximate surface area is 82.7 Å². The Balaban J connectivity index is -0.000000143. The lowest BCUT2D eigenvalue weighted by molar-refractivity contribution is -0.120. The van der Waals surface area contributed by atoms with E-state index >= 15 is 0 Å². The van der Waals surface area contributed by atoms with Crippen LogP contribution in [0.5, 0.6) is 0 Å². The Kier molecular flexibility index (Phi) is 13.2. The third-order valence-corrected chi connectivity index (χ3v) is 1.63. The number of Topliss-reactive ketones (excluding diaryl/α,β-unsaturated/α-hetero) is 2. The van der Waals surface area contributed by atoms with Gasteiger partial charge in [-0.3, -0.25) is 9.59 Å². The van der Waals surface area contributed by atoms with Crippen LogP contribution in [-0.4, -0.2) is 11.6 Å². The van der Waals surface area contributed by atoms with Crippen molar-refractivity contribution in [2.75, 3.05) is 0 Å². The lowest BCUT2D eigenvalue weighted by atomic mass is 10.1. The van der Waals surface area contributed by atoms with Crippen molar-refractivity contribution in [1.82, 2.24) is 0 Å². The zero-order valence-corrected chi connectivity index (χ0v) is 8.97. The molecule has 0 fully saturated rings. The average molecular weight is 188 g/mol. The Hall–Kier alpha value is -0.660. The molecule has 0 aromatic heterocycles. The van der Waals surface area contributed by atoms with E-state index in [9.17, 15) is 9.59 Å². The maximum atomic E-state index is 10.1. The predicted molar refractivity (Wildman–Crippen MR) is 57.8 cm³/mol. The van der Waals surface area contributed by atoms with Crippen molar-refractivity contribution in [2.45, 2.75) is 49.0 Å². The summed E-state index contributed by atoms with van der Waals surface area (Å²) < 4.78 is 0. The van der Waals surface area contributed by atoms with Crippen molar-refractivity contribution in [2.24, 2.45) is 11.8 Å². The van der Waals surface area contributed by atoms with Gasteiger partial charge in [-0.15, -0.1) is 0 Å². The smallest absolute Gasteiger partial charge is 0.132 e. The number of carbonyl (C=O) groups is 2. The fourth-order valence-electron chi connectivity index (χ4n) is 0. The maximum Gasteiger partial charge on any atom is 0.132 e. The molecule has 2 heteroatoms. The summed E-state index contributed by atoms with van der Waals surface area (Å²) in [6.07, 6.45) is 0. The molecule has 0 aliphatic heterocycles. The second-order valence-electron chi connectivity index (χ2n) is 3.53. The molecule has 0 bridgehead atoms. The fraction of sp³-hybridized carbons (Fsp3) is 0.818. The highest BCUT2D eigenvalue weighted by atomic mass is 16.1. The van der Waals surface area contributed by atoms with Crippen molar-refractivity contribution in [1.29, 1.82) is 0 Å². The number of hydrogen-bond acceptors (Lipinski definition) is 2. The SMILES string of the molecule is C.CC(=O)C(C)C.CC(=O)C(C)C. The first-order valence-corrected chi connectivity index (χ1v) is 4.29. The van der Waals surface area contributed by atoms with Crippen LogP contribution in [0, 0.1) is 11.8 Å². The predicted octanol–water partition coefficient (Wildman–Crippen LogP) is 3.10. The Bertz CT molecular complexity index is 128. The van der Waals surface area contributed by atoms with E-state index in [0.717, 1.165) is 0 Å². The lowest BCUT2D eigenvalue weighted by Gasteiger charge is -1.90. The van der Waals surface area contributed by atoms with Crippen LogP contribution in [0.2, 0.25) is 0 Å². The Morgan fingerprint density at radius 1 is 0.769 bits per heavy atom. The summed E-state index contributed by atoms with van der Waals surface area (Å²) in [5.41, 5.74) is 0. The van der Waals surface area contributed by atoms with Crippen LogP contribution in [0.25, 0.3) is 0 Å². The fourth-order valence-corrected chi connectivity index (χ4v) is 0. The standard InChI is InChI=1S/2C5H10O.CH4/c2*1-4(2)5(3)6;/h2*4H,1-3H3;1H4. The summed E-state index contributed by atoms with van der Waals surface area (Å²) in [6.45, 7) is 10.8. The van der Waals surface area contributed by atoms with E-state index in [0.29, 0.717) is 0 Å². The maximum absolute atomic E-state index is 10.1. The highest BCUT2D eigenvalue weighted by Gasteiger charge is 1.95. The highest BCUT2D eigenvalue weighted by Crippen LogP contribution is 1.90. The molecule has 0 amide bonds. The zero-order valence-electron chi connectivity index (χ0n) is 8.97. The monoisotopic (exact) mass is 188 g/mol. The number of rotatable bonds is 2. The Morgan fingerprint density at radius 2 is 0.846 bits per heavy atom. The third-order valence-electron chi connectivity index (χ3n) is 1.63. The van der Waals surface area contributed by atoms with Gasteiger partial charge < -0.3 is 0 Å². The average Bonchev–Trinajstić information content (AvgIpc) is 1.88. The van der Waals surface area contributed by atoms with E-state index in [2.05, 4.69) is 0 Å². The van der Waals surface area contributed by atoms with E-state index in [4.69, 9.17) is 0 Å². The van der Waals surface area contributed by atoms with Crippen LogP contribution in [0.15, 0.2) is 0 Å². The first kappa shape index (κ1) is 18.2. The molecule has 0 heterocycles. The third kappa shape index (κ3) is 18.4. The van der Waals surface area contributed by atoms with Crippen molar-refractivity contribution >= 4 is 11.6 Å². The number of hydrogen-bond donors (Lipinski definition) is 0. The van der Waals surface area contributed by atoms with E-state index in [1.807, 2.05) is 27.7 Å². The molecule has 80 valence electrons. The molecular weight excluding hydrogens is 164 g/mol. The molecule has 13 heavy (non-hydrogen) atoms. The number of carbonyl (C=O) groups excluding carboxylic acids is 2. The summed E-state index contributed by atoms with van der Waals surface area (Å²) in [5, 5.41) is 0. The second kappa shape index (κ2) is 9.43. The molecule has 0 atom stereocenters. The van der Waals surface area contributed by atoms with Crippen LogP contribution in [0.1, 0.15) is 49.0 Å². The van der Waals surface area contributed by atoms with Crippen LogP contribution < -0.4 is 0 Å². The van der Waals surface area contributed by atoms with Gasteiger partial charge >= 0.3 is 0 Å². The summed E-state index contributed by atoms with van der Waals surface area (Å²) in [7, 11) is 0. The first-order valence-electron chi connectivity index (χ1n) is 4.29. The normalized spacial score (nSPS) is 8.62. The number of ketones is 2. The van der Waals surface area contributed by atoms with Crippen molar-refractivity contribution in [3.63, 3.8) is 0 Å². The van der Waals surface area contributed by atoms with Crippen LogP contribution >= 0.6 is 0 Å². The Morgan fingerprint density at radius 3 is 0.846 bits per heavy atom. The van der Waals surface area contributed by atoms with Crippen LogP contribution in [0.4, 0.5) is 0 Å². The molecule has 2 nitrogen and oxygen atoms in total. The zero-order chi connectivity index (χ0) is 10.3. The van der Waals surface area contributed by atoms with Gasteiger partial charge in [0.2, 0.25) is 0 Å². The van der Waals surface area contributed by atoms with Crippen molar-refractivity contribution < 1.29 is 9.59 Å². The summed E-state index contributed by atoms with van der Waals surface area (Å²) in [5.74, 6) is 0.944. The van der Waals surface area contributed by atoms with Gasteiger partial charge in [-0.1, -0.05) is 35.1 Å². The van der Waals surface area contributed by atoms with Gasteiger partial charge in [0.25, 0.3) is 0 Å². The topological polar surface area (TPSA) is 34.1 Å². The lowest BCUT2D eigenvalue weighted by Crippen LogP contribution is -1.98. The molecule has 0 aliphatic rings. The van der Waals surface area contributed by atoms with Gasteiger partial charge in [-0.25, -0.2) is 0 Å². The van der Waals surface area contributed by atoms with Gasteiger partial charge in [0.15, 0.2) is 0 Å². The molecule has 0 N–H and O–H groups in total.